The lowest BCUT2D eigenvalue weighted by atomic mass is 10.1. The Morgan fingerprint density at radius 3 is 2.71 bits per heavy atom. The minimum Gasteiger partial charge on any atom is -0.497 e. The van der Waals surface area contributed by atoms with E-state index in [2.05, 4.69) is 4.98 Å². The molecule has 0 atom stereocenters. The van der Waals surface area contributed by atoms with Crippen molar-refractivity contribution in [3.05, 3.63) is 82.9 Å². The van der Waals surface area contributed by atoms with Crippen LogP contribution >= 0.6 is 11.6 Å². The second kappa shape index (κ2) is 7.32. The summed E-state index contributed by atoms with van der Waals surface area (Å²) in [6.07, 6.45) is 3.90. The molecule has 2 aromatic carbocycles. The van der Waals surface area contributed by atoms with Crippen LogP contribution in [0.1, 0.15) is 21.6 Å². The summed E-state index contributed by atoms with van der Waals surface area (Å²) in [6.45, 7) is 0.671. The van der Waals surface area contributed by atoms with Gasteiger partial charge in [0, 0.05) is 23.3 Å². The van der Waals surface area contributed by atoms with Crippen LogP contribution in [0, 0.1) is 0 Å². The Bertz CT molecular complexity index is 841. The number of rotatable bonds is 6. The first-order chi connectivity index (χ1) is 11.6. The van der Waals surface area contributed by atoms with Crippen molar-refractivity contribution in [2.24, 2.45) is 0 Å². The fourth-order valence-electron chi connectivity index (χ4n) is 2.47. The van der Waals surface area contributed by atoms with E-state index in [-0.39, 0.29) is 12.2 Å². The molecular weight excluding hydrogens is 324 g/mol. The average Bonchev–Trinajstić information content (AvgIpc) is 3.02. The summed E-state index contributed by atoms with van der Waals surface area (Å²) in [6, 6.07) is 14.8. The third-order valence-electron chi connectivity index (χ3n) is 3.69. The van der Waals surface area contributed by atoms with Crippen molar-refractivity contribution in [1.82, 2.24) is 9.55 Å². The highest BCUT2D eigenvalue weighted by Crippen LogP contribution is 2.14. The maximum atomic E-state index is 12.3. The van der Waals surface area contributed by atoms with Gasteiger partial charge in [0.1, 0.15) is 5.75 Å². The second-order valence-corrected chi connectivity index (χ2v) is 5.93. The number of nitrogens with zero attached hydrogens (tertiary/aromatic N) is 2. The van der Waals surface area contributed by atoms with Gasteiger partial charge in [0.15, 0.2) is 5.78 Å². The average molecular weight is 341 g/mol. The Hall–Kier alpha value is -2.59. The predicted molar refractivity (Wildman–Crippen MR) is 93.8 cm³/mol. The molecule has 24 heavy (non-hydrogen) atoms. The van der Waals surface area contributed by atoms with E-state index >= 15 is 0 Å². The first kappa shape index (κ1) is 16.3. The number of ketones is 1. The van der Waals surface area contributed by atoms with Crippen molar-refractivity contribution in [1.29, 1.82) is 0 Å². The molecule has 0 fully saturated rings. The van der Waals surface area contributed by atoms with E-state index in [1.54, 1.807) is 37.7 Å². The van der Waals surface area contributed by atoms with Crippen molar-refractivity contribution in [2.45, 2.75) is 13.0 Å². The number of carbonyl (C=O) groups is 1. The van der Waals surface area contributed by atoms with Crippen LogP contribution in [0.4, 0.5) is 0 Å². The molecule has 0 aliphatic rings. The quantitative estimate of drug-likeness (QED) is 0.637. The lowest BCUT2D eigenvalue weighted by Gasteiger charge is -2.03. The van der Waals surface area contributed by atoms with Gasteiger partial charge in [-0.2, -0.15) is 0 Å². The summed E-state index contributed by atoms with van der Waals surface area (Å²) >= 11 is 6.00. The summed E-state index contributed by atoms with van der Waals surface area (Å²) in [4.78, 5) is 16.6. The molecule has 3 rings (SSSR count). The molecule has 0 radical (unpaired) electrons. The summed E-state index contributed by atoms with van der Waals surface area (Å²) < 4.78 is 7.05. The number of hydrogen-bond donors (Lipinski definition) is 0. The van der Waals surface area contributed by atoms with Crippen LogP contribution < -0.4 is 4.74 Å². The summed E-state index contributed by atoms with van der Waals surface area (Å²) in [5, 5.41) is 0.711. The van der Waals surface area contributed by atoms with Crippen molar-refractivity contribution < 1.29 is 9.53 Å². The molecular formula is C19H17ClN2O2. The van der Waals surface area contributed by atoms with Gasteiger partial charge in [0.2, 0.25) is 0 Å². The standard InChI is InChI=1S/C19H17ClN2O2/c1-24-18-7-5-15(6-8-18)19(23)10-17-12-22(13-21-17)11-14-3-2-4-16(20)9-14/h2-9,12-13H,10-11H2,1H3. The Morgan fingerprint density at radius 2 is 2.00 bits per heavy atom. The highest BCUT2D eigenvalue weighted by atomic mass is 35.5. The SMILES string of the molecule is COc1ccc(C(=O)Cc2cn(Cc3cccc(Cl)c3)cn2)cc1. The van der Waals surface area contributed by atoms with Crippen molar-refractivity contribution >= 4 is 17.4 Å². The third kappa shape index (κ3) is 4.03. The van der Waals surface area contributed by atoms with Gasteiger partial charge in [-0.15, -0.1) is 0 Å². The molecule has 0 spiro atoms. The van der Waals surface area contributed by atoms with Gasteiger partial charge < -0.3 is 9.30 Å². The van der Waals surface area contributed by atoms with Crippen LogP contribution in [0.25, 0.3) is 0 Å². The second-order valence-electron chi connectivity index (χ2n) is 5.50. The lowest BCUT2D eigenvalue weighted by molar-refractivity contribution is 0.0992. The van der Waals surface area contributed by atoms with E-state index in [1.165, 1.54) is 0 Å². The van der Waals surface area contributed by atoms with Crippen LogP contribution in [0.2, 0.25) is 5.02 Å². The molecule has 3 aromatic rings. The monoisotopic (exact) mass is 340 g/mol. The Labute approximate surface area is 145 Å². The van der Waals surface area contributed by atoms with Gasteiger partial charge in [0.25, 0.3) is 0 Å². The highest BCUT2D eigenvalue weighted by Gasteiger charge is 2.10. The molecule has 0 amide bonds. The largest absolute Gasteiger partial charge is 0.497 e. The Kier molecular flexibility index (Phi) is 4.96. The van der Waals surface area contributed by atoms with Gasteiger partial charge in [-0.05, 0) is 42.0 Å². The number of benzene rings is 2. The van der Waals surface area contributed by atoms with Gasteiger partial charge in [-0.3, -0.25) is 4.79 Å². The fourth-order valence-corrected chi connectivity index (χ4v) is 2.69. The van der Waals surface area contributed by atoms with Gasteiger partial charge >= 0.3 is 0 Å². The van der Waals surface area contributed by atoms with Gasteiger partial charge in [0.05, 0.1) is 25.6 Å². The van der Waals surface area contributed by atoms with Crippen molar-refractivity contribution in [3.8, 4) is 5.75 Å². The van der Waals surface area contributed by atoms with E-state index in [0.29, 0.717) is 17.1 Å². The minimum atomic E-state index is 0.0330. The molecule has 0 saturated carbocycles. The number of methoxy groups -OCH3 is 1. The van der Waals surface area contributed by atoms with Gasteiger partial charge in [-0.1, -0.05) is 23.7 Å². The normalized spacial score (nSPS) is 10.6. The summed E-state index contributed by atoms with van der Waals surface area (Å²) in [5.41, 5.74) is 2.49. The summed E-state index contributed by atoms with van der Waals surface area (Å²) in [7, 11) is 1.60. The van der Waals surface area contributed by atoms with Crippen LogP contribution in [0.3, 0.4) is 0 Å². The van der Waals surface area contributed by atoms with Crippen LogP contribution in [-0.2, 0) is 13.0 Å². The number of imidazole rings is 1. The van der Waals surface area contributed by atoms with E-state index in [9.17, 15) is 4.79 Å². The maximum absolute atomic E-state index is 12.3. The number of ether oxygens (including phenoxy) is 1. The predicted octanol–water partition coefficient (Wildman–Crippen LogP) is 4.02. The number of halogens is 1. The first-order valence-electron chi connectivity index (χ1n) is 7.56. The molecule has 0 N–H and O–H groups in total. The highest BCUT2D eigenvalue weighted by molar-refractivity contribution is 6.30. The first-order valence-corrected chi connectivity index (χ1v) is 7.94. The van der Waals surface area contributed by atoms with Crippen LogP contribution in [0.5, 0.6) is 5.75 Å². The van der Waals surface area contributed by atoms with Crippen LogP contribution in [0.15, 0.2) is 61.1 Å². The topological polar surface area (TPSA) is 44.1 Å². The van der Waals surface area contributed by atoms with E-state index in [4.69, 9.17) is 16.3 Å². The zero-order valence-electron chi connectivity index (χ0n) is 13.3. The van der Waals surface area contributed by atoms with Crippen molar-refractivity contribution in [3.63, 3.8) is 0 Å². The smallest absolute Gasteiger partial charge is 0.168 e. The zero-order chi connectivity index (χ0) is 16.9. The summed E-state index contributed by atoms with van der Waals surface area (Å²) in [5.74, 6) is 0.767. The van der Waals surface area contributed by atoms with Crippen LogP contribution in [-0.4, -0.2) is 22.4 Å². The lowest BCUT2D eigenvalue weighted by Crippen LogP contribution is -2.04. The molecule has 1 heterocycles. The molecule has 0 saturated heterocycles. The molecule has 0 unspecified atom stereocenters. The number of hydrogen-bond acceptors (Lipinski definition) is 3. The molecule has 0 aliphatic heterocycles. The molecule has 0 bridgehead atoms. The third-order valence-corrected chi connectivity index (χ3v) is 3.93. The Morgan fingerprint density at radius 1 is 1.21 bits per heavy atom. The zero-order valence-corrected chi connectivity index (χ0v) is 14.0. The molecule has 0 aliphatic carbocycles. The van der Waals surface area contributed by atoms with E-state index in [1.807, 2.05) is 35.0 Å². The van der Waals surface area contributed by atoms with Crippen molar-refractivity contribution in [2.75, 3.05) is 7.11 Å². The maximum Gasteiger partial charge on any atom is 0.168 e. The Balaban J connectivity index is 1.65. The number of carbonyl (C=O) groups excluding carboxylic acids is 1. The molecule has 4 nitrogen and oxygen atoms in total. The minimum absolute atomic E-state index is 0.0330. The molecule has 5 heteroatoms. The van der Waals surface area contributed by atoms with E-state index in [0.717, 1.165) is 17.0 Å². The number of Topliss-reactive ketones (excluding diaryl/α,β-unsaturated/α-hetero) is 1. The van der Waals surface area contributed by atoms with E-state index < -0.39 is 0 Å². The van der Waals surface area contributed by atoms with Gasteiger partial charge in [-0.25, -0.2) is 4.98 Å². The molecule has 1 aromatic heterocycles. The number of aromatic nitrogens is 2. The fraction of sp³-hybridized carbons (Fsp3) is 0.158. The molecule has 122 valence electrons.